The van der Waals surface area contributed by atoms with Crippen LogP contribution in [0.2, 0.25) is 0 Å². The molecule has 80 valence electrons. The molecule has 2 radical (unpaired) electrons. The number of benzene rings is 1. The van der Waals surface area contributed by atoms with Crippen molar-refractivity contribution in [1.82, 2.24) is 0 Å². The third-order valence-corrected chi connectivity index (χ3v) is 2.38. The van der Waals surface area contributed by atoms with Gasteiger partial charge in [0.05, 0.1) is 0 Å². The minimum atomic E-state index is 0.726. The molecule has 0 aliphatic rings. The van der Waals surface area contributed by atoms with Crippen molar-refractivity contribution in [3.8, 4) is 0 Å². The molecule has 0 amide bonds. The second-order valence-corrected chi connectivity index (χ2v) is 3.81. The first kappa shape index (κ1) is 12.0. The average Bonchev–Trinajstić information content (AvgIpc) is 2.17. The minimum Gasteiger partial charge on any atom is -0.399 e. The fraction of sp³-hybridized carbons (Fsp3) is 0.500. The van der Waals surface area contributed by atoms with Crippen molar-refractivity contribution in [3.05, 3.63) is 18.2 Å². The Morgan fingerprint density at radius 3 is 2.27 bits per heavy atom. The van der Waals surface area contributed by atoms with Crippen LogP contribution in [0.5, 0.6) is 0 Å². The molecule has 0 saturated heterocycles. The molecule has 0 aliphatic carbocycles. The minimum absolute atomic E-state index is 0.726. The first-order valence-corrected chi connectivity index (χ1v) is 5.59. The Bertz CT molecular complexity index is 306. The Labute approximate surface area is 93.9 Å². The quantitative estimate of drug-likeness (QED) is 0.581. The van der Waals surface area contributed by atoms with Crippen LogP contribution in [0.15, 0.2) is 18.2 Å². The van der Waals surface area contributed by atoms with E-state index in [4.69, 9.17) is 13.6 Å². The summed E-state index contributed by atoms with van der Waals surface area (Å²) in [4.78, 5) is 2.31. The van der Waals surface area contributed by atoms with Crippen LogP contribution in [0.25, 0.3) is 0 Å². The largest absolute Gasteiger partial charge is 0.399 e. The molecular weight excluding hydrogens is 183 g/mol. The monoisotopic (exact) mass is 202 g/mol. The van der Waals surface area contributed by atoms with Gasteiger partial charge >= 0.3 is 0 Å². The summed E-state index contributed by atoms with van der Waals surface area (Å²) in [5.74, 6) is 0. The molecule has 2 nitrogen and oxygen atoms in total. The summed E-state index contributed by atoms with van der Waals surface area (Å²) in [7, 11) is 5.96. The molecule has 1 aromatic carbocycles. The Morgan fingerprint density at radius 2 is 1.80 bits per heavy atom. The molecular formula is C12H19BN2. The van der Waals surface area contributed by atoms with Crippen LogP contribution in [0.1, 0.15) is 26.7 Å². The van der Waals surface area contributed by atoms with Gasteiger partial charge < -0.3 is 10.6 Å². The molecule has 3 heteroatoms. The van der Waals surface area contributed by atoms with Gasteiger partial charge in [-0.3, -0.25) is 0 Å². The van der Waals surface area contributed by atoms with Crippen LogP contribution in [-0.4, -0.2) is 20.9 Å². The van der Waals surface area contributed by atoms with Gasteiger partial charge in [-0.25, -0.2) is 0 Å². The van der Waals surface area contributed by atoms with E-state index in [1.165, 1.54) is 0 Å². The van der Waals surface area contributed by atoms with Gasteiger partial charge in [0.25, 0.3) is 0 Å². The summed E-state index contributed by atoms with van der Waals surface area (Å²) in [5, 5.41) is 0. The Hall–Kier alpha value is -1.12. The van der Waals surface area contributed by atoms with E-state index in [9.17, 15) is 0 Å². The van der Waals surface area contributed by atoms with Crippen LogP contribution >= 0.6 is 0 Å². The smallest absolute Gasteiger partial charge is 0.116 e. The molecule has 0 heterocycles. The molecule has 0 fully saturated rings. The molecule has 15 heavy (non-hydrogen) atoms. The van der Waals surface area contributed by atoms with Crippen molar-refractivity contribution in [1.29, 1.82) is 0 Å². The number of rotatable bonds is 5. The van der Waals surface area contributed by atoms with Gasteiger partial charge in [0, 0.05) is 24.5 Å². The maximum Gasteiger partial charge on any atom is 0.116 e. The summed E-state index contributed by atoms with van der Waals surface area (Å²) in [6.45, 7) is 6.44. The summed E-state index contributed by atoms with van der Waals surface area (Å²) in [5.41, 5.74) is 8.28. The molecule has 0 bridgehead atoms. The predicted molar refractivity (Wildman–Crippen MR) is 69.0 cm³/mol. The molecule has 0 atom stereocenters. The summed E-state index contributed by atoms with van der Waals surface area (Å²) >= 11 is 0. The molecule has 0 unspecified atom stereocenters. The zero-order valence-electron chi connectivity index (χ0n) is 9.66. The van der Waals surface area contributed by atoms with Gasteiger partial charge in [-0.2, -0.15) is 0 Å². The number of nitrogens with two attached hydrogens (primary N) is 1. The normalized spacial score (nSPS) is 10.3. The summed E-state index contributed by atoms with van der Waals surface area (Å²) in [6, 6.07) is 5.74. The Balaban J connectivity index is 2.89. The van der Waals surface area contributed by atoms with Gasteiger partial charge in [0.2, 0.25) is 0 Å². The zero-order chi connectivity index (χ0) is 11.3. The molecule has 1 aromatic rings. The third kappa shape index (κ3) is 3.19. The average molecular weight is 202 g/mol. The maximum atomic E-state index is 5.96. The summed E-state index contributed by atoms with van der Waals surface area (Å²) < 4.78 is 0. The van der Waals surface area contributed by atoms with Crippen LogP contribution < -0.4 is 16.1 Å². The lowest BCUT2D eigenvalue weighted by molar-refractivity contribution is 0.747. The van der Waals surface area contributed by atoms with Crippen LogP contribution in [0.4, 0.5) is 11.4 Å². The molecule has 0 saturated carbocycles. The van der Waals surface area contributed by atoms with Gasteiger partial charge in [-0.1, -0.05) is 19.3 Å². The third-order valence-electron chi connectivity index (χ3n) is 2.38. The fourth-order valence-electron chi connectivity index (χ4n) is 1.75. The van der Waals surface area contributed by atoms with Crippen molar-refractivity contribution in [2.45, 2.75) is 26.7 Å². The van der Waals surface area contributed by atoms with Crippen molar-refractivity contribution >= 4 is 24.7 Å². The predicted octanol–water partition coefficient (Wildman–Crippen LogP) is 1.69. The highest BCUT2D eigenvalue weighted by Gasteiger charge is 2.06. The lowest BCUT2D eigenvalue weighted by atomic mass is 9.92. The number of hydrogen-bond acceptors (Lipinski definition) is 2. The number of nitrogen functional groups attached to an aromatic ring is 1. The molecule has 1 rings (SSSR count). The van der Waals surface area contributed by atoms with E-state index in [2.05, 4.69) is 18.7 Å². The number of nitrogens with zero attached hydrogens (tertiary/aromatic N) is 1. The van der Waals surface area contributed by atoms with Gasteiger partial charge in [0.1, 0.15) is 7.85 Å². The van der Waals surface area contributed by atoms with Crippen molar-refractivity contribution in [3.63, 3.8) is 0 Å². The zero-order valence-corrected chi connectivity index (χ0v) is 9.66. The van der Waals surface area contributed by atoms with E-state index < -0.39 is 0 Å². The van der Waals surface area contributed by atoms with Gasteiger partial charge in [-0.15, -0.1) is 0 Å². The molecule has 0 spiro atoms. The fourth-order valence-corrected chi connectivity index (χ4v) is 1.75. The topological polar surface area (TPSA) is 29.3 Å². The van der Waals surface area contributed by atoms with Crippen molar-refractivity contribution in [2.24, 2.45) is 0 Å². The van der Waals surface area contributed by atoms with Crippen LogP contribution in [0, 0.1) is 0 Å². The van der Waals surface area contributed by atoms with Crippen molar-refractivity contribution < 1.29 is 0 Å². The second kappa shape index (κ2) is 5.69. The van der Waals surface area contributed by atoms with Gasteiger partial charge in [0.15, 0.2) is 0 Å². The van der Waals surface area contributed by atoms with Crippen molar-refractivity contribution in [2.75, 3.05) is 23.7 Å². The van der Waals surface area contributed by atoms with Crippen LogP contribution in [-0.2, 0) is 0 Å². The van der Waals surface area contributed by atoms with Crippen LogP contribution in [0.3, 0.4) is 0 Å². The molecule has 2 N–H and O–H groups in total. The van der Waals surface area contributed by atoms with E-state index in [1.807, 2.05) is 18.2 Å². The second-order valence-electron chi connectivity index (χ2n) is 3.81. The standard InChI is InChI=1S/C12H19BN2/c1-3-7-15(8-4-2)12-6-5-10(14)9-11(12)13/h5-6,9H,3-4,7-8,14H2,1-2H3. The number of hydrogen-bond donors (Lipinski definition) is 1. The van der Waals surface area contributed by atoms with E-state index in [-0.39, 0.29) is 0 Å². The molecule has 0 aromatic heterocycles. The lowest BCUT2D eigenvalue weighted by Gasteiger charge is -2.26. The Morgan fingerprint density at radius 1 is 1.20 bits per heavy atom. The first-order chi connectivity index (χ1) is 7.19. The SMILES string of the molecule is [B]c1cc(N)ccc1N(CCC)CCC. The summed E-state index contributed by atoms with van der Waals surface area (Å²) in [6.07, 6.45) is 2.26. The highest BCUT2D eigenvalue weighted by atomic mass is 15.1. The van der Waals surface area contributed by atoms with E-state index in [0.29, 0.717) is 0 Å². The molecule has 0 aliphatic heterocycles. The first-order valence-electron chi connectivity index (χ1n) is 5.59. The Kier molecular flexibility index (Phi) is 4.54. The van der Waals surface area contributed by atoms with E-state index in [0.717, 1.165) is 42.8 Å². The maximum absolute atomic E-state index is 5.96. The van der Waals surface area contributed by atoms with E-state index >= 15 is 0 Å². The van der Waals surface area contributed by atoms with E-state index in [1.54, 1.807) is 0 Å². The highest BCUT2D eigenvalue weighted by Crippen LogP contribution is 2.14. The number of anilines is 2. The lowest BCUT2D eigenvalue weighted by Crippen LogP contribution is -2.29. The van der Waals surface area contributed by atoms with Gasteiger partial charge in [-0.05, 0) is 31.0 Å². The highest BCUT2D eigenvalue weighted by molar-refractivity contribution is 6.36.